The van der Waals surface area contributed by atoms with Crippen molar-refractivity contribution in [1.29, 1.82) is 0 Å². The monoisotopic (exact) mass is 325 g/mol. The molecule has 9 heteroatoms. The molecule has 1 aromatic heterocycles. The summed E-state index contributed by atoms with van der Waals surface area (Å²) < 4.78 is 37.4. The molecule has 1 rings (SSSR count). The number of thiophene rings is 1. The highest BCUT2D eigenvalue weighted by molar-refractivity contribution is 7.91. The summed E-state index contributed by atoms with van der Waals surface area (Å²) in [5.74, 6) is -0.943. The molecular formula is C10H15NO5S3. The van der Waals surface area contributed by atoms with Crippen molar-refractivity contribution in [2.24, 2.45) is 0 Å². The first-order valence-electron chi connectivity index (χ1n) is 5.29. The second-order valence-corrected chi connectivity index (χ2v) is 8.62. The lowest BCUT2D eigenvalue weighted by Gasteiger charge is -2.11. The maximum Gasteiger partial charge on any atom is 0.346 e. The standard InChI is InChI=1S/C10H15NO5S3/c1-6-4-8(17-9(6)10(12)13)19(15,16)11-7(2)5-18(3)14/h4,7,11H,5H2,1-3H3,(H,12,13). The second-order valence-electron chi connectivity index (χ2n) is 4.14. The number of aromatic carboxylic acids is 1. The lowest BCUT2D eigenvalue weighted by atomic mass is 10.3. The van der Waals surface area contributed by atoms with Crippen molar-refractivity contribution in [2.75, 3.05) is 12.0 Å². The van der Waals surface area contributed by atoms with E-state index in [4.69, 9.17) is 5.11 Å². The number of hydrogen-bond donors (Lipinski definition) is 2. The maximum absolute atomic E-state index is 12.0. The topological polar surface area (TPSA) is 101 Å². The molecule has 0 saturated carbocycles. The van der Waals surface area contributed by atoms with Gasteiger partial charge in [-0.05, 0) is 25.5 Å². The van der Waals surface area contributed by atoms with Crippen LogP contribution in [0.4, 0.5) is 0 Å². The molecule has 2 N–H and O–H groups in total. The van der Waals surface area contributed by atoms with Gasteiger partial charge in [0.15, 0.2) is 0 Å². The molecule has 0 aromatic carbocycles. The van der Waals surface area contributed by atoms with Gasteiger partial charge in [0, 0.05) is 28.9 Å². The highest BCUT2D eigenvalue weighted by atomic mass is 32.2. The Hall–Kier alpha value is -0.770. The Kier molecular flexibility index (Phi) is 5.25. The summed E-state index contributed by atoms with van der Waals surface area (Å²) >= 11 is 0.710. The van der Waals surface area contributed by atoms with Gasteiger partial charge in [-0.1, -0.05) is 0 Å². The fourth-order valence-electron chi connectivity index (χ4n) is 1.51. The third kappa shape index (κ3) is 4.37. The van der Waals surface area contributed by atoms with Gasteiger partial charge < -0.3 is 5.11 Å². The van der Waals surface area contributed by atoms with Crippen LogP contribution in [0.2, 0.25) is 0 Å². The fraction of sp³-hybridized carbons (Fsp3) is 0.500. The van der Waals surface area contributed by atoms with E-state index in [1.807, 2.05) is 0 Å². The SMILES string of the molecule is Cc1cc(S(=O)(=O)NC(C)CS(C)=O)sc1C(=O)O. The van der Waals surface area contributed by atoms with Crippen LogP contribution in [0.1, 0.15) is 22.2 Å². The Morgan fingerprint density at radius 2 is 2.16 bits per heavy atom. The van der Waals surface area contributed by atoms with E-state index in [0.717, 1.165) is 0 Å². The molecule has 19 heavy (non-hydrogen) atoms. The van der Waals surface area contributed by atoms with Crippen molar-refractivity contribution in [3.8, 4) is 0 Å². The average molecular weight is 325 g/mol. The van der Waals surface area contributed by atoms with Crippen LogP contribution in [0.5, 0.6) is 0 Å². The number of rotatable bonds is 6. The predicted molar refractivity (Wildman–Crippen MR) is 74.7 cm³/mol. The molecule has 0 aliphatic carbocycles. The van der Waals surface area contributed by atoms with Crippen molar-refractivity contribution in [3.63, 3.8) is 0 Å². The minimum Gasteiger partial charge on any atom is -0.477 e. The normalized spacial score (nSPS) is 15.1. The molecule has 2 atom stereocenters. The molecule has 2 unspecified atom stereocenters. The first kappa shape index (κ1) is 16.3. The zero-order valence-corrected chi connectivity index (χ0v) is 13.1. The minimum absolute atomic E-state index is 0.00657. The lowest BCUT2D eigenvalue weighted by Crippen LogP contribution is -2.35. The third-order valence-corrected chi connectivity index (χ3v) is 6.45. The molecule has 108 valence electrons. The molecule has 0 bridgehead atoms. The Bertz CT molecular complexity index is 605. The van der Waals surface area contributed by atoms with Gasteiger partial charge in [0.1, 0.15) is 9.09 Å². The van der Waals surface area contributed by atoms with E-state index in [1.165, 1.54) is 12.3 Å². The summed E-state index contributed by atoms with van der Waals surface area (Å²) in [6, 6.07) is 0.845. The molecule has 0 aliphatic heterocycles. The van der Waals surface area contributed by atoms with Crippen LogP contribution in [0, 0.1) is 6.92 Å². The average Bonchev–Trinajstić information content (AvgIpc) is 2.58. The number of carboxylic acid groups (broad SMARTS) is 1. The van der Waals surface area contributed by atoms with Crippen molar-refractivity contribution in [1.82, 2.24) is 4.72 Å². The zero-order chi connectivity index (χ0) is 14.8. The highest BCUT2D eigenvalue weighted by Crippen LogP contribution is 2.26. The van der Waals surface area contributed by atoms with Crippen LogP contribution in [0.15, 0.2) is 10.3 Å². The molecule has 1 heterocycles. The van der Waals surface area contributed by atoms with Gasteiger partial charge in [-0.25, -0.2) is 17.9 Å². The number of sulfonamides is 1. The van der Waals surface area contributed by atoms with Crippen LogP contribution in [-0.4, -0.2) is 41.8 Å². The second kappa shape index (κ2) is 6.12. The smallest absolute Gasteiger partial charge is 0.346 e. The third-order valence-electron chi connectivity index (χ3n) is 2.20. The van der Waals surface area contributed by atoms with Gasteiger partial charge >= 0.3 is 5.97 Å². The summed E-state index contributed by atoms with van der Waals surface area (Å²) in [7, 11) is -4.88. The molecule has 0 saturated heterocycles. The van der Waals surface area contributed by atoms with E-state index >= 15 is 0 Å². The number of carboxylic acids is 1. The quantitative estimate of drug-likeness (QED) is 0.806. The van der Waals surface area contributed by atoms with Crippen LogP contribution < -0.4 is 4.72 Å². The van der Waals surface area contributed by atoms with Crippen molar-refractivity contribution in [2.45, 2.75) is 24.1 Å². The number of carbonyl (C=O) groups is 1. The summed E-state index contributed by atoms with van der Waals surface area (Å²) in [5, 5.41) is 8.90. The number of nitrogens with one attached hydrogen (secondary N) is 1. The van der Waals surface area contributed by atoms with E-state index in [1.54, 1.807) is 13.8 Å². The lowest BCUT2D eigenvalue weighted by molar-refractivity contribution is 0.0701. The Labute approximate surface area is 118 Å². The fourth-order valence-corrected chi connectivity index (χ4v) is 5.04. The van der Waals surface area contributed by atoms with Crippen molar-refractivity contribution in [3.05, 3.63) is 16.5 Å². The summed E-state index contributed by atoms with van der Waals surface area (Å²) in [4.78, 5) is 10.9. The Morgan fingerprint density at radius 1 is 1.58 bits per heavy atom. The molecule has 1 aromatic rings. The molecule has 0 radical (unpaired) electrons. The molecule has 0 spiro atoms. The Morgan fingerprint density at radius 3 is 2.58 bits per heavy atom. The van der Waals surface area contributed by atoms with Crippen molar-refractivity contribution >= 4 is 38.1 Å². The summed E-state index contributed by atoms with van der Waals surface area (Å²) in [6.45, 7) is 3.15. The van der Waals surface area contributed by atoms with Crippen LogP contribution in [0.3, 0.4) is 0 Å². The van der Waals surface area contributed by atoms with Gasteiger partial charge in [-0.3, -0.25) is 4.21 Å². The van der Waals surface area contributed by atoms with E-state index in [-0.39, 0.29) is 14.8 Å². The van der Waals surface area contributed by atoms with E-state index < -0.39 is 32.8 Å². The van der Waals surface area contributed by atoms with Gasteiger partial charge in [0.25, 0.3) is 0 Å². The van der Waals surface area contributed by atoms with Gasteiger partial charge in [0.05, 0.1) is 0 Å². The van der Waals surface area contributed by atoms with Crippen LogP contribution >= 0.6 is 11.3 Å². The number of aryl methyl sites for hydroxylation is 1. The highest BCUT2D eigenvalue weighted by Gasteiger charge is 2.23. The predicted octanol–water partition coefficient (Wildman–Crippen LogP) is 0.800. The van der Waals surface area contributed by atoms with E-state index in [0.29, 0.717) is 16.9 Å². The van der Waals surface area contributed by atoms with Crippen LogP contribution in [0.25, 0.3) is 0 Å². The minimum atomic E-state index is -3.77. The van der Waals surface area contributed by atoms with Gasteiger partial charge in [-0.2, -0.15) is 0 Å². The first-order valence-corrected chi connectivity index (χ1v) is 9.32. The molecule has 0 amide bonds. The van der Waals surface area contributed by atoms with E-state index in [9.17, 15) is 17.4 Å². The maximum atomic E-state index is 12.0. The molecule has 0 aliphatic rings. The largest absolute Gasteiger partial charge is 0.477 e. The first-order chi connectivity index (χ1) is 8.63. The van der Waals surface area contributed by atoms with Gasteiger partial charge in [0.2, 0.25) is 10.0 Å². The number of hydrogen-bond acceptors (Lipinski definition) is 5. The molecular weight excluding hydrogens is 310 g/mol. The molecule has 0 fully saturated rings. The van der Waals surface area contributed by atoms with Crippen LogP contribution in [-0.2, 0) is 20.8 Å². The Balaban J connectivity index is 2.98. The van der Waals surface area contributed by atoms with Crippen molar-refractivity contribution < 1.29 is 22.5 Å². The molecule has 6 nitrogen and oxygen atoms in total. The summed E-state index contributed by atoms with van der Waals surface area (Å²) in [6.07, 6.45) is 1.49. The zero-order valence-electron chi connectivity index (χ0n) is 10.7. The van der Waals surface area contributed by atoms with Gasteiger partial charge in [-0.15, -0.1) is 11.3 Å². The van der Waals surface area contributed by atoms with E-state index in [2.05, 4.69) is 4.72 Å². The summed E-state index contributed by atoms with van der Waals surface area (Å²) in [5.41, 5.74) is 0.407.